The van der Waals surface area contributed by atoms with Crippen LogP contribution in [-0.2, 0) is 0 Å². The summed E-state index contributed by atoms with van der Waals surface area (Å²) in [4.78, 5) is 4.39. The fourth-order valence-electron chi connectivity index (χ4n) is 2.46. The van der Waals surface area contributed by atoms with Gasteiger partial charge in [-0.05, 0) is 31.2 Å². The minimum absolute atomic E-state index is 0. The Bertz CT molecular complexity index is 694. The molecule has 26 heavy (non-hydrogen) atoms. The molecule has 0 amide bonds. The Morgan fingerprint density at radius 1 is 1.23 bits per heavy atom. The van der Waals surface area contributed by atoms with Gasteiger partial charge in [-0.2, -0.15) is 0 Å². The summed E-state index contributed by atoms with van der Waals surface area (Å²) in [7, 11) is 0. The molecule has 3 rings (SSSR count). The van der Waals surface area contributed by atoms with Crippen molar-refractivity contribution in [2.75, 3.05) is 26.2 Å². The van der Waals surface area contributed by atoms with Crippen LogP contribution >= 0.6 is 24.0 Å². The van der Waals surface area contributed by atoms with E-state index >= 15 is 0 Å². The molecule has 142 valence electrons. The molecule has 0 spiro atoms. The van der Waals surface area contributed by atoms with Crippen molar-refractivity contribution in [2.45, 2.75) is 19.1 Å². The number of aliphatic hydroxyl groups excluding tert-OH is 1. The number of rotatable bonds is 6. The second-order valence-corrected chi connectivity index (χ2v) is 5.63. The number of nitrogens with zero attached hydrogens (tertiary/aromatic N) is 1. The molecule has 0 aliphatic carbocycles. The summed E-state index contributed by atoms with van der Waals surface area (Å²) in [5.41, 5.74) is 0. The van der Waals surface area contributed by atoms with Gasteiger partial charge in [-0.3, -0.25) is 4.99 Å². The third kappa shape index (κ3) is 5.53. The van der Waals surface area contributed by atoms with E-state index < -0.39 is 6.10 Å². The van der Waals surface area contributed by atoms with E-state index in [-0.39, 0.29) is 36.6 Å². The second-order valence-electron chi connectivity index (χ2n) is 5.63. The van der Waals surface area contributed by atoms with Crippen molar-refractivity contribution in [3.8, 4) is 11.5 Å². The first kappa shape index (κ1) is 20.4. The largest absolute Gasteiger partial charge is 0.486 e. The molecule has 1 aromatic heterocycles. The third-order valence-electron chi connectivity index (χ3n) is 3.70. The number of guanidine groups is 1. The third-order valence-corrected chi connectivity index (χ3v) is 3.70. The summed E-state index contributed by atoms with van der Waals surface area (Å²) >= 11 is 0. The lowest BCUT2D eigenvalue weighted by Crippen LogP contribution is -2.45. The van der Waals surface area contributed by atoms with Gasteiger partial charge in [0.25, 0.3) is 0 Å². The van der Waals surface area contributed by atoms with Gasteiger partial charge in [-0.25, -0.2) is 0 Å². The Hall–Kier alpha value is -1.94. The van der Waals surface area contributed by atoms with E-state index in [0.29, 0.717) is 31.4 Å². The van der Waals surface area contributed by atoms with Gasteiger partial charge in [0, 0.05) is 6.54 Å². The van der Waals surface area contributed by atoms with Crippen LogP contribution in [0.4, 0.5) is 0 Å². The number of furan rings is 1. The molecular formula is C18H24IN3O4. The van der Waals surface area contributed by atoms with E-state index in [2.05, 4.69) is 15.6 Å². The van der Waals surface area contributed by atoms with E-state index in [0.717, 1.165) is 11.5 Å². The molecule has 7 nitrogen and oxygen atoms in total. The van der Waals surface area contributed by atoms with Gasteiger partial charge in [0.1, 0.15) is 24.6 Å². The zero-order valence-electron chi connectivity index (χ0n) is 14.6. The minimum Gasteiger partial charge on any atom is -0.486 e. The lowest BCUT2D eigenvalue weighted by molar-refractivity contribution is 0.0935. The summed E-state index contributed by atoms with van der Waals surface area (Å²) in [5.74, 6) is 2.62. The average Bonchev–Trinajstić information content (AvgIpc) is 3.18. The molecular weight excluding hydrogens is 449 g/mol. The molecule has 0 bridgehead atoms. The summed E-state index contributed by atoms with van der Waals surface area (Å²) < 4.78 is 16.8. The predicted octanol–water partition coefficient (Wildman–Crippen LogP) is 2.33. The molecule has 0 saturated heterocycles. The Labute approximate surface area is 169 Å². The summed E-state index contributed by atoms with van der Waals surface area (Å²) in [6.45, 7) is 3.91. The van der Waals surface area contributed by atoms with E-state index in [9.17, 15) is 5.11 Å². The molecule has 2 unspecified atom stereocenters. The van der Waals surface area contributed by atoms with Crippen molar-refractivity contribution in [3.05, 3.63) is 48.4 Å². The molecule has 2 atom stereocenters. The topological polar surface area (TPSA) is 88.3 Å². The molecule has 0 fully saturated rings. The molecule has 1 aliphatic heterocycles. The van der Waals surface area contributed by atoms with Crippen LogP contribution in [0.5, 0.6) is 11.5 Å². The van der Waals surface area contributed by atoms with Gasteiger partial charge in [0.15, 0.2) is 17.5 Å². The standard InChI is InChI=1S/C18H23N3O4.HI/c1-2-19-18(21-11-14(22)15-8-5-9-23-15)20-10-13-12-24-16-6-3-4-7-17(16)25-13;/h3-9,13-14,22H,2,10-12H2,1H3,(H2,19,20,21);1H. The zero-order chi connectivity index (χ0) is 17.5. The van der Waals surface area contributed by atoms with E-state index in [1.54, 1.807) is 12.1 Å². The van der Waals surface area contributed by atoms with Gasteiger partial charge in [0.2, 0.25) is 0 Å². The number of halogens is 1. The SMILES string of the molecule is CCNC(=NCC(O)c1ccco1)NCC1COc2ccccc2O1.I. The van der Waals surface area contributed by atoms with Gasteiger partial charge < -0.3 is 29.6 Å². The maximum absolute atomic E-state index is 10.1. The lowest BCUT2D eigenvalue weighted by atomic mass is 10.2. The van der Waals surface area contributed by atoms with Gasteiger partial charge in [-0.15, -0.1) is 24.0 Å². The second kappa shape index (κ2) is 10.3. The Morgan fingerprint density at radius 3 is 2.77 bits per heavy atom. The van der Waals surface area contributed by atoms with Gasteiger partial charge >= 0.3 is 0 Å². The van der Waals surface area contributed by atoms with Crippen LogP contribution in [0.15, 0.2) is 52.1 Å². The highest BCUT2D eigenvalue weighted by atomic mass is 127. The van der Waals surface area contributed by atoms with Crippen LogP contribution in [-0.4, -0.2) is 43.4 Å². The number of fused-ring (bicyclic) bond motifs is 1. The molecule has 2 heterocycles. The van der Waals surface area contributed by atoms with Crippen molar-refractivity contribution in [2.24, 2.45) is 4.99 Å². The molecule has 1 aromatic carbocycles. The van der Waals surface area contributed by atoms with E-state index in [1.807, 2.05) is 31.2 Å². The Morgan fingerprint density at radius 2 is 2.04 bits per heavy atom. The smallest absolute Gasteiger partial charge is 0.191 e. The molecule has 0 saturated carbocycles. The van der Waals surface area contributed by atoms with Crippen molar-refractivity contribution in [3.63, 3.8) is 0 Å². The van der Waals surface area contributed by atoms with Gasteiger partial charge in [-0.1, -0.05) is 12.1 Å². The van der Waals surface area contributed by atoms with Crippen LogP contribution in [0.1, 0.15) is 18.8 Å². The van der Waals surface area contributed by atoms with E-state index in [1.165, 1.54) is 6.26 Å². The normalized spacial score (nSPS) is 17.2. The monoisotopic (exact) mass is 473 g/mol. The van der Waals surface area contributed by atoms with Crippen LogP contribution in [0.25, 0.3) is 0 Å². The highest BCUT2D eigenvalue weighted by Crippen LogP contribution is 2.30. The number of hydrogen-bond acceptors (Lipinski definition) is 5. The minimum atomic E-state index is -0.772. The fourth-order valence-corrected chi connectivity index (χ4v) is 2.46. The molecule has 3 N–H and O–H groups in total. The molecule has 1 aliphatic rings. The number of hydrogen-bond donors (Lipinski definition) is 3. The zero-order valence-corrected chi connectivity index (χ0v) is 16.9. The highest BCUT2D eigenvalue weighted by Gasteiger charge is 2.20. The first-order valence-electron chi connectivity index (χ1n) is 8.38. The number of nitrogens with one attached hydrogen (secondary N) is 2. The fraction of sp³-hybridized carbons (Fsp3) is 0.389. The number of ether oxygens (including phenoxy) is 2. The van der Waals surface area contributed by atoms with Crippen molar-refractivity contribution >= 4 is 29.9 Å². The number of benzene rings is 1. The van der Waals surface area contributed by atoms with Crippen molar-refractivity contribution in [1.82, 2.24) is 10.6 Å². The first-order valence-corrected chi connectivity index (χ1v) is 8.38. The molecule has 2 aromatic rings. The average molecular weight is 473 g/mol. The van der Waals surface area contributed by atoms with Crippen molar-refractivity contribution < 1.29 is 19.0 Å². The number of para-hydroxylation sites is 2. The first-order chi connectivity index (χ1) is 12.3. The molecule has 8 heteroatoms. The number of aliphatic hydroxyl groups is 1. The summed E-state index contributed by atoms with van der Waals surface area (Å²) in [6.07, 6.45) is 0.643. The van der Waals surface area contributed by atoms with Crippen molar-refractivity contribution in [1.29, 1.82) is 0 Å². The van der Waals surface area contributed by atoms with E-state index in [4.69, 9.17) is 13.9 Å². The van der Waals surface area contributed by atoms with Crippen LogP contribution in [0.2, 0.25) is 0 Å². The molecule has 0 radical (unpaired) electrons. The summed E-state index contributed by atoms with van der Waals surface area (Å²) in [6, 6.07) is 11.1. The quantitative estimate of drug-likeness (QED) is 0.339. The Balaban J connectivity index is 0.00000243. The van der Waals surface area contributed by atoms with Gasteiger partial charge in [0.05, 0.1) is 19.4 Å². The maximum atomic E-state index is 10.1. The maximum Gasteiger partial charge on any atom is 0.191 e. The van der Waals surface area contributed by atoms with Crippen LogP contribution in [0.3, 0.4) is 0 Å². The lowest BCUT2D eigenvalue weighted by Gasteiger charge is -2.27. The van der Waals surface area contributed by atoms with Crippen LogP contribution < -0.4 is 20.1 Å². The predicted molar refractivity (Wildman–Crippen MR) is 109 cm³/mol. The highest BCUT2D eigenvalue weighted by molar-refractivity contribution is 14.0. The van der Waals surface area contributed by atoms with Crippen LogP contribution in [0, 0.1) is 0 Å². The summed E-state index contributed by atoms with van der Waals surface area (Å²) in [5, 5.41) is 16.4. The number of aliphatic imine (C=N–C) groups is 1. The Kier molecular flexibility index (Phi) is 8.05.